The van der Waals surface area contributed by atoms with Crippen molar-refractivity contribution in [2.24, 2.45) is 5.92 Å². The van der Waals surface area contributed by atoms with Crippen molar-refractivity contribution >= 4 is 27.7 Å². The number of hydrogen-bond acceptors (Lipinski definition) is 3. The molecule has 2 aromatic carbocycles. The SMILES string of the molecule is C[C@H]1CCCC[C@H]1NC(=O)Cn1ncc2c3ccccc3n(Cc3ccccc3F)c2c1=O. The molecule has 0 aliphatic heterocycles. The van der Waals surface area contributed by atoms with Gasteiger partial charge in [-0.3, -0.25) is 9.59 Å². The van der Waals surface area contributed by atoms with E-state index in [2.05, 4.69) is 17.3 Å². The van der Waals surface area contributed by atoms with Crippen molar-refractivity contribution in [3.8, 4) is 0 Å². The maximum Gasteiger partial charge on any atom is 0.291 e. The summed E-state index contributed by atoms with van der Waals surface area (Å²) in [6.45, 7) is 2.22. The van der Waals surface area contributed by atoms with E-state index in [1.807, 2.05) is 28.8 Å². The largest absolute Gasteiger partial charge is 0.351 e. The van der Waals surface area contributed by atoms with Crippen LogP contribution in [0.3, 0.4) is 0 Å². The first-order chi connectivity index (χ1) is 16.0. The second-order valence-electron chi connectivity index (χ2n) is 9.00. The number of hydrogen-bond donors (Lipinski definition) is 1. The van der Waals surface area contributed by atoms with E-state index >= 15 is 0 Å². The predicted molar refractivity (Wildman–Crippen MR) is 127 cm³/mol. The molecule has 1 aliphatic rings. The lowest BCUT2D eigenvalue weighted by Crippen LogP contribution is -2.43. The number of carbonyl (C=O) groups excluding carboxylic acids is 1. The quantitative estimate of drug-likeness (QED) is 0.499. The number of fused-ring (bicyclic) bond motifs is 3. The Morgan fingerprint density at radius 3 is 2.67 bits per heavy atom. The summed E-state index contributed by atoms with van der Waals surface area (Å²) >= 11 is 0. The summed E-state index contributed by atoms with van der Waals surface area (Å²) in [7, 11) is 0. The smallest absolute Gasteiger partial charge is 0.291 e. The topological polar surface area (TPSA) is 68.9 Å². The zero-order valence-electron chi connectivity index (χ0n) is 18.6. The van der Waals surface area contributed by atoms with E-state index in [9.17, 15) is 14.0 Å². The average molecular weight is 447 g/mol. The molecule has 7 heteroatoms. The molecule has 0 bridgehead atoms. The minimum atomic E-state index is -0.355. The minimum Gasteiger partial charge on any atom is -0.351 e. The van der Waals surface area contributed by atoms with Gasteiger partial charge >= 0.3 is 0 Å². The fraction of sp³-hybridized carbons (Fsp3) is 0.346. The number of nitrogens with zero attached hydrogens (tertiary/aromatic N) is 3. The van der Waals surface area contributed by atoms with Gasteiger partial charge in [-0.15, -0.1) is 0 Å². The van der Waals surface area contributed by atoms with E-state index in [1.165, 1.54) is 17.2 Å². The number of benzene rings is 2. The molecule has 1 saturated carbocycles. The highest BCUT2D eigenvalue weighted by atomic mass is 19.1. The molecule has 0 saturated heterocycles. The average Bonchev–Trinajstić information content (AvgIpc) is 3.13. The lowest BCUT2D eigenvalue weighted by atomic mass is 9.86. The number of carbonyl (C=O) groups is 1. The normalized spacial score (nSPS) is 18.6. The fourth-order valence-electron chi connectivity index (χ4n) is 4.99. The van der Waals surface area contributed by atoms with Crippen LogP contribution in [0.15, 0.2) is 59.5 Å². The second-order valence-corrected chi connectivity index (χ2v) is 9.00. The second kappa shape index (κ2) is 8.81. The van der Waals surface area contributed by atoms with Crippen molar-refractivity contribution in [1.29, 1.82) is 0 Å². The van der Waals surface area contributed by atoms with E-state index in [-0.39, 0.29) is 36.4 Å². The monoisotopic (exact) mass is 446 g/mol. The maximum atomic E-state index is 14.4. The Morgan fingerprint density at radius 1 is 1.09 bits per heavy atom. The molecule has 0 unspecified atom stereocenters. The van der Waals surface area contributed by atoms with Gasteiger partial charge < -0.3 is 9.88 Å². The van der Waals surface area contributed by atoms with E-state index < -0.39 is 0 Å². The molecule has 1 aliphatic carbocycles. The standard InChI is InChI=1S/C26H27FN4O2/c1-17-8-2-6-12-22(17)29-24(32)16-31-26(33)25-20(14-28-31)19-10-4-7-13-23(19)30(25)15-18-9-3-5-11-21(18)27/h3-5,7,9-11,13-14,17,22H,2,6,8,12,15-16H2,1H3,(H,29,32)/t17-,22+/m0/s1. The fourth-order valence-corrected chi connectivity index (χ4v) is 4.99. The van der Waals surface area contributed by atoms with Crippen LogP contribution < -0.4 is 10.9 Å². The van der Waals surface area contributed by atoms with Gasteiger partial charge in [0.25, 0.3) is 5.56 Å². The van der Waals surface area contributed by atoms with Crippen LogP contribution in [0, 0.1) is 11.7 Å². The molecule has 4 aromatic rings. The van der Waals surface area contributed by atoms with Crippen LogP contribution in [-0.2, 0) is 17.9 Å². The zero-order valence-corrected chi connectivity index (χ0v) is 18.6. The Morgan fingerprint density at radius 2 is 1.85 bits per heavy atom. The van der Waals surface area contributed by atoms with Gasteiger partial charge in [0.1, 0.15) is 17.9 Å². The molecule has 6 nitrogen and oxygen atoms in total. The number of halogens is 1. The van der Waals surface area contributed by atoms with Gasteiger partial charge in [0, 0.05) is 27.9 Å². The third kappa shape index (κ3) is 4.03. The molecule has 2 atom stereocenters. The van der Waals surface area contributed by atoms with E-state index in [0.717, 1.165) is 30.2 Å². The van der Waals surface area contributed by atoms with Crippen LogP contribution in [-0.4, -0.2) is 26.3 Å². The van der Waals surface area contributed by atoms with Gasteiger partial charge in [0.05, 0.1) is 12.7 Å². The summed E-state index contributed by atoms with van der Waals surface area (Å²) < 4.78 is 17.5. The minimum absolute atomic E-state index is 0.137. The maximum absolute atomic E-state index is 14.4. The highest BCUT2D eigenvalue weighted by Crippen LogP contribution is 2.28. The van der Waals surface area contributed by atoms with Crippen molar-refractivity contribution in [2.45, 2.75) is 51.7 Å². The van der Waals surface area contributed by atoms with Crippen molar-refractivity contribution < 1.29 is 9.18 Å². The molecule has 0 spiro atoms. The molecular weight excluding hydrogens is 419 g/mol. The van der Waals surface area contributed by atoms with Gasteiger partial charge in [0.15, 0.2) is 0 Å². The molecule has 1 fully saturated rings. The van der Waals surface area contributed by atoms with Crippen LogP contribution in [0.25, 0.3) is 21.8 Å². The van der Waals surface area contributed by atoms with Crippen LogP contribution >= 0.6 is 0 Å². The molecule has 170 valence electrons. The Hall–Kier alpha value is -3.48. The first kappa shape index (κ1) is 21.4. The third-order valence-electron chi connectivity index (χ3n) is 6.81. The van der Waals surface area contributed by atoms with Crippen molar-refractivity contribution in [3.63, 3.8) is 0 Å². The summed E-state index contributed by atoms with van der Waals surface area (Å²) in [6.07, 6.45) is 6.00. The summed E-state index contributed by atoms with van der Waals surface area (Å²) in [5.74, 6) is -0.101. The van der Waals surface area contributed by atoms with E-state index in [0.29, 0.717) is 22.4 Å². The molecule has 2 heterocycles. The van der Waals surface area contributed by atoms with Crippen LogP contribution in [0.4, 0.5) is 4.39 Å². The summed E-state index contributed by atoms with van der Waals surface area (Å²) in [4.78, 5) is 26.2. The zero-order chi connectivity index (χ0) is 22.9. The Labute approximate surface area is 191 Å². The summed E-state index contributed by atoms with van der Waals surface area (Å²) in [5, 5.41) is 8.96. The third-order valence-corrected chi connectivity index (χ3v) is 6.81. The highest BCUT2D eigenvalue weighted by Gasteiger charge is 2.24. The molecule has 1 N–H and O–H groups in total. The molecule has 5 rings (SSSR count). The van der Waals surface area contributed by atoms with Crippen LogP contribution in [0.5, 0.6) is 0 Å². The summed E-state index contributed by atoms with van der Waals surface area (Å²) in [5.41, 5.74) is 1.39. The van der Waals surface area contributed by atoms with E-state index in [1.54, 1.807) is 24.4 Å². The molecule has 2 aromatic heterocycles. The summed E-state index contributed by atoms with van der Waals surface area (Å²) in [6, 6.07) is 14.3. The lowest BCUT2D eigenvalue weighted by molar-refractivity contribution is -0.123. The van der Waals surface area contributed by atoms with E-state index in [4.69, 9.17) is 0 Å². The molecule has 1 amide bonds. The number of amides is 1. The number of para-hydroxylation sites is 1. The van der Waals surface area contributed by atoms with Crippen LogP contribution in [0.1, 0.15) is 38.2 Å². The number of nitrogens with one attached hydrogen (secondary N) is 1. The Bertz CT molecular complexity index is 1390. The molecular formula is C26H27FN4O2. The lowest BCUT2D eigenvalue weighted by Gasteiger charge is -2.29. The molecule has 0 radical (unpaired) electrons. The van der Waals surface area contributed by atoms with Crippen molar-refractivity contribution in [2.75, 3.05) is 0 Å². The molecule has 33 heavy (non-hydrogen) atoms. The highest BCUT2D eigenvalue weighted by molar-refractivity contribution is 6.07. The van der Waals surface area contributed by atoms with Crippen LogP contribution in [0.2, 0.25) is 0 Å². The number of aromatic nitrogens is 3. The predicted octanol–water partition coefficient (Wildman–Crippen LogP) is 4.23. The van der Waals surface area contributed by atoms with Crippen molar-refractivity contribution in [1.82, 2.24) is 19.7 Å². The van der Waals surface area contributed by atoms with Gasteiger partial charge in [-0.1, -0.05) is 56.2 Å². The van der Waals surface area contributed by atoms with Crippen molar-refractivity contribution in [3.05, 3.63) is 76.5 Å². The van der Waals surface area contributed by atoms with Gasteiger partial charge in [-0.25, -0.2) is 9.07 Å². The number of rotatable bonds is 5. The van der Waals surface area contributed by atoms with Gasteiger partial charge in [-0.05, 0) is 30.9 Å². The first-order valence-electron chi connectivity index (χ1n) is 11.5. The first-order valence-corrected chi connectivity index (χ1v) is 11.5. The van der Waals surface area contributed by atoms with Gasteiger partial charge in [0.2, 0.25) is 5.91 Å². The Kier molecular flexibility index (Phi) is 5.70. The Balaban J connectivity index is 1.54. The van der Waals surface area contributed by atoms with Gasteiger partial charge in [-0.2, -0.15) is 5.10 Å².